The van der Waals surface area contributed by atoms with Gasteiger partial charge >= 0.3 is 0 Å². The predicted octanol–water partition coefficient (Wildman–Crippen LogP) is 0.968. The Balaban J connectivity index is 2.05. The molecule has 0 aliphatic carbocycles. The van der Waals surface area contributed by atoms with Gasteiger partial charge in [-0.1, -0.05) is 0 Å². The Hall–Kier alpha value is -1.43. The number of sulfone groups is 1. The molecule has 0 bridgehead atoms. The van der Waals surface area contributed by atoms with Crippen molar-refractivity contribution in [1.82, 2.24) is 9.88 Å². The maximum atomic E-state index is 12.3. The summed E-state index contributed by atoms with van der Waals surface area (Å²) in [7, 11) is -3.05. The van der Waals surface area contributed by atoms with Crippen molar-refractivity contribution in [2.24, 2.45) is 0 Å². The highest BCUT2D eigenvalue weighted by Gasteiger charge is 2.28. The van der Waals surface area contributed by atoms with Gasteiger partial charge in [-0.15, -0.1) is 0 Å². The van der Waals surface area contributed by atoms with Gasteiger partial charge < -0.3 is 4.90 Å². The lowest BCUT2D eigenvalue weighted by Crippen LogP contribution is -2.34. The Morgan fingerprint density at radius 1 is 1.45 bits per heavy atom. The quantitative estimate of drug-likeness (QED) is 0.815. The molecule has 1 fully saturated rings. The zero-order valence-corrected chi connectivity index (χ0v) is 12.7. The molecule has 1 saturated heterocycles. The van der Waals surface area contributed by atoms with Crippen LogP contribution in [0.5, 0.6) is 0 Å². The standard InChI is InChI=1S/C14H20N2O3S/c1-11-10-15-5-3-13(11)9-14(17)16-6-4-12(2)20(18,19)8-7-16/h3,5,10,12H,4,6-9H2,1-2H3/t12-/m1/s1. The number of hydrogen-bond acceptors (Lipinski definition) is 4. The van der Waals surface area contributed by atoms with E-state index in [2.05, 4.69) is 4.98 Å². The molecular formula is C14H20N2O3S. The number of nitrogens with zero attached hydrogens (tertiary/aromatic N) is 2. The minimum atomic E-state index is -3.05. The van der Waals surface area contributed by atoms with Gasteiger partial charge in [0, 0.05) is 25.5 Å². The summed E-state index contributed by atoms with van der Waals surface area (Å²) in [4.78, 5) is 18.0. The molecule has 5 nitrogen and oxygen atoms in total. The van der Waals surface area contributed by atoms with Gasteiger partial charge in [0.1, 0.15) is 0 Å². The third-order valence-electron chi connectivity index (χ3n) is 3.90. The molecule has 1 aliphatic heterocycles. The van der Waals surface area contributed by atoms with Gasteiger partial charge in [-0.2, -0.15) is 0 Å². The summed E-state index contributed by atoms with van der Waals surface area (Å²) in [6.45, 7) is 4.46. The third kappa shape index (κ3) is 3.36. The number of carbonyl (C=O) groups excluding carboxylic acids is 1. The summed E-state index contributed by atoms with van der Waals surface area (Å²) in [5.74, 6) is 0.0542. The van der Waals surface area contributed by atoms with Crippen LogP contribution in [0.25, 0.3) is 0 Å². The first-order chi connectivity index (χ1) is 9.40. The number of pyridine rings is 1. The van der Waals surface area contributed by atoms with Crippen LogP contribution in [0.1, 0.15) is 24.5 Å². The van der Waals surface area contributed by atoms with E-state index in [1.807, 2.05) is 13.0 Å². The van der Waals surface area contributed by atoms with Crippen LogP contribution in [-0.4, -0.2) is 48.3 Å². The highest BCUT2D eigenvalue weighted by Crippen LogP contribution is 2.15. The molecule has 1 aromatic heterocycles. The highest BCUT2D eigenvalue weighted by molar-refractivity contribution is 7.92. The number of aromatic nitrogens is 1. The zero-order valence-electron chi connectivity index (χ0n) is 11.9. The molecular weight excluding hydrogens is 276 g/mol. The first kappa shape index (κ1) is 15.0. The molecule has 1 aromatic rings. The minimum Gasteiger partial charge on any atom is -0.341 e. The van der Waals surface area contributed by atoms with Gasteiger partial charge in [0.25, 0.3) is 0 Å². The van der Waals surface area contributed by atoms with Crippen molar-refractivity contribution in [2.75, 3.05) is 18.8 Å². The van der Waals surface area contributed by atoms with Crippen LogP contribution >= 0.6 is 0 Å². The lowest BCUT2D eigenvalue weighted by molar-refractivity contribution is -0.130. The molecule has 1 aliphatic rings. The summed E-state index contributed by atoms with van der Waals surface area (Å²) in [6, 6.07) is 1.84. The van der Waals surface area contributed by atoms with Crippen LogP contribution < -0.4 is 0 Å². The Kier molecular flexibility index (Phi) is 4.42. The van der Waals surface area contributed by atoms with E-state index in [1.165, 1.54) is 0 Å². The van der Waals surface area contributed by atoms with Gasteiger partial charge in [-0.25, -0.2) is 8.42 Å². The van der Waals surface area contributed by atoms with Gasteiger partial charge in [0.2, 0.25) is 5.91 Å². The van der Waals surface area contributed by atoms with E-state index in [0.717, 1.165) is 11.1 Å². The molecule has 0 aromatic carbocycles. The van der Waals surface area contributed by atoms with Gasteiger partial charge in [-0.05, 0) is 37.5 Å². The zero-order chi connectivity index (χ0) is 14.8. The van der Waals surface area contributed by atoms with Crippen LogP contribution in [0.3, 0.4) is 0 Å². The van der Waals surface area contributed by atoms with Crippen molar-refractivity contribution in [3.8, 4) is 0 Å². The molecule has 0 unspecified atom stereocenters. The van der Waals surface area contributed by atoms with Crippen LogP contribution in [0.15, 0.2) is 18.5 Å². The van der Waals surface area contributed by atoms with Crippen molar-refractivity contribution in [1.29, 1.82) is 0 Å². The maximum Gasteiger partial charge on any atom is 0.227 e. The fourth-order valence-corrected chi connectivity index (χ4v) is 3.63. The smallest absolute Gasteiger partial charge is 0.227 e. The van der Waals surface area contributed by atoms with Crippen molar-refractivity contribution in [3.63, 3.8) is 0 Å². The summed E-state index contributed by atoms with van der Waals surface area (Å²) in [6.07, 6.45) is 4.23. The summed E-state index contributed by atoms with van der Waals surface area (Å²) in [5.41, 5.74) is 1.93. The third-order valence-corrected chi connectivity index (χ3v) is 6.11. The molecule has 6 heteroatoms. The molecule has 0 radical (unpaired) electrons. The molecule has 2 heterocycles. The lowest BCUT2D eigenvalue weighted by Gasteiger charge is -2.20. The molecule has 2 rings (SSSR count). The van der Waals surface area contributed by atoms with Crippen LogP contribution in [-0.2, 0) is 21.1 Å². The molecule has 0 spiro atoms. The van der Waals surface area contributed by atoms with Gasteiger partial charge in [0.05, 0.1) is 17.4 Å². The largest absolute Gasteiger partial charge is 0.341 e. The molecule has 20 heavy (non-hydrogen) atoms. The molecule has 110 valence electrons. The lowest BCUT2D eigenvalue weighted by atomic mass is 10.1. The first-order valence-corrected chi connectivity index (χ1v) is 8.50. The summed E-state index contributed by atoms with van der Waals surface area (Å²) in [5, 5.41) is -0.358. The van der Waals surface area contributed by atoms with Crippen molar-refractivity contribution >= 4 is 15.7 Å². The predicted molar refractivity (Wildman–Crippen MR) is 77.1 cm³/mol. The van der Waals surface area contributed by atoms with E-state index in [0.29, 0.717) is 25.9 Å². The molecule has 0 N–H and O–H groups in total. The number of aryl methyl sites for hydroxylation is 1. The average molecular weight is 296 g/mol. The normalized spacial score (nSPS) is 22.3. The minimum absolute atomic E-state index is 0.0106. The Morgan fingerprint density at radius 2 is 2.20 bits per heavy atom. The SMILES string of the molecule is Cc1cnccc1CC(=O)N1CC[C@@H](C)S(=O)(=O)CC1. The van der Waals surface area contributed by atoms with Gasteiger partial charge in [-0.3, -0.25) is 9.78 Å². The van der Waals surface area contributed by atoms with E-state index < -0.39 is 9.84 Å². The van der Waals surface area contributed by atoms with E-state index in [4.69, 9.17) is 0 Å². The van der Waals surface area contributed by atoms with Crippen LogP contribution in [0, 0.1) is 6.92 Å². The Bertz CT molecular complexity index is 598. The first-order valence-electron chi connectivity index (χ1n) is 6.79. The maximum absolute atomic E-state index is 12.3. The highest BCUT2D eigenvalue weighted by atomic mass is 32.2. The van der Waals surface area contributed by atoms with Crippen LogP contribution in [0.4, 0.5) is 0 Å². The molecule has 1 amide bonds. The van der Waals surface area contributed by atoms with Crippen molar-refractivity contribution < 1.29 is 13.2 Å². The second-order valence-corrected chi connectivity index (χ2v) is 7.86. The van der Waals surface area contributed by atoms with E-state index in [9.17, 15) is 13.2 Å². The fourth-order valence-electron chi connectivity index (χ4n) is 2.29. The summed E-state index contributed by atoms with van der Waals surface area (Å²) >= 11 is 0. The van der Waals surface area contributed by atoms with Gasteiger partial charge in [0.15, 0.2) is 9.84 Å². The molecule has 0 saturated carbocycles. The topological polar surface area (TPSA) is 67.3 Å². The Morgan fingerprint density at radius 3 is 2.90 bits per heavy atom. The number of hydrogen-bond donors (Lipinski definition) is 0. The summed E-state index contributed by atoms with van der Waals surface area (Å²) < 4.78 is 23.7. The van der Waals surface area contributed by atoms with Crippen LogP contribution in [0.2, 0.25) is 0 Å². The Labute approximate surface area is 119 Å². The average Bonchev–Trinajstić information content (AvgIpc) is 2.53. The number of rotatable bonds is 2. The number of amides is 1. The second kappa shape index (κ2) is 5.91. The fraction of sp³-hybridized carbons (Fsp3) is 0.571. The monoisotopic (exact) mass is 296 g/mol. The van der Waals surface area contributed by atoms with E-state index in [-0.39, 0.29) is 16.9 Å². The number of carbonyl (C=O) groups is 1. The van der Waals surface area contributed by atoms with Crippen molar-refractivity contribution in [3.05, 3.63) is 29.6 Å². The second-order valence-electron chi connectivity index (χ2n) is 5.33. The van der Waals surface area contributed by atoms with E-state index in [1.54, 1.807) is 24.2 Å². The molecule has 1 atom stereocenters. The van der Waals surface area contributed by atoms with E-state index >= 15 is 0 Å². The van der Waals surface area contributed by atoms with Crippen molar-refractivity contribution in [2.45, 2.75) is 31.9 Å².